The Morgan fingerprint density at radius 1 is 1.10 bits per heavy atom. The molecule has 0 saturated carbocycles. The molecule has 1 unspecified atom stereocenters. The van der Waals surface area contributed by atoms with Crippen molar-refractivity contribution in [2.75, 3.05) is 6.61 Å². The first kappa shape index (κ1) is 17.5. The van der Waals surface area contributed by atoms with E-state index in [2.05, 4.69) is 10.3 Å². The van der Waals surface area contributed by atoms with Gasteiger partial charge in [-0.1, -0.05) is 36.4 Å². The smallest absolute Gasteiger partial charge is 0.325 e. The SMILES string of the molecule is Cc1oc(-c2ccccc2)nc1CN1C(=O)NC2(CCOc3ccccc32)C1=O. The van der Waals surface area contributed by atoms with Crippen LogP contribution < -0.4 is 10.1 Å². The number of oxazole rings is 1. The number of para-hydroxylation sites is 1. The van der Waals surface area contributed by atoms with Crippen molar-refractivity contribution in [3.05, 3.63) is 71.6 Å². The number of amides is 3. The fourth-order valence-electron chi connectivity index (χ4n) is 3.94. The molecule has 1 aromatic heterocycles. The standard InChI is InChI=1S/C22H19N3O4/c1-14-17(23-19(29-14)15-7-3-2-4-8-15)13-25-20(26)22(24-21(25)27)11-12-28-18-10-6-5-9-16(18)22/h2-10H,11-13H2,1H3,(H,24,27). The number of aromatic nitrogens is 1. The zero-order chi connectivity index (χ0) is 20.0. The van der Waals surface area contributed by atoms with Gasteiger partial charge in [-0.2, -0.15) is 0 Å². The minimum absolute atomic E-state index is 0.0532. The number of nitrogens with zero attached hydrogens (tertiary/aromatic N) is 2. The van der Waals surface area contributed by atoms with E-state index in [9.17, 15) is 9.59 Å². The molecule has 0 bridgehead atoms. The van der Waals surface area contributed by atoms with Crippen molar-refractivity contribution in [1.82, 2.24) is 15.2 Å². The first-order valence-electron chi connectivity index (χ1n) is 9.47. The minimum Gasteiger partial charge on any atom is -0.493 e. The number of benzene rings is 2. The first-order chi connectivity index (χ1) is 14.1. The first-order valence-corrected chi connectivity index (χ1v) is 9.47. The number of carbonyl (C=O) groups excluding carboxylic acids is 2. The van der Waals surface area contributed by atoms with Crippen LogP contribution in [0.25, 0.3) is 11.5 Å². The molecule has 0 aliphatic carbocycles. The molecular weight excluding hydrogens is 370 g/mol. The molecule has 2 aliphatic heterocycles. The van der Waals surface area contributed by atoms with Crippen LogP contribution in [-0.4, -0.2) is 28.4 Å². The van der Waals surface area contributed by atoms with Crippen LogP contribution in [0.1, 0.15) is 23.4 Å². The average Bonchev–Trinajstić information content (AvgIpc) is 3.22. The molecule has 2 aromatic carbocycles. The van der Waals surface area contributed by atoms with Crippen LogP contribution in [0.2, 0.25) is 0 Å². The van der Waals surface area contributed by atoms with Gasteiger partial charge in [0, 0.05) is 17.5 Å². The van der Waals surface area contributed by atoms with E-state index in [4.69, 9.17) is 9.15 Å². The lowest BCUT2D eigenvalue weighted by Crippen LogP contribution is -2.47. The van der Waals surface area contributed by atoms with E-state index in [1.165, 1.54) is 4.90 Å². The Morgan fingerprint density at radius 2 is 1.86 bits per heavy atom. The highest BCUT2D eigenvalue weighted by atomic mass is 16.5. The summed E-state index contributed by atoms with van der Waals surface area (Å²) < 4.78 is 11.4. The highest BCUT2D eigenvalue weighted by Gasteiger charge is 2.55. The molecule has 0 radical (unpaired) electrons. The Hall–Kier alpha value is -3.61. The van der Waals surface area contributed by atoms with E-state index < -0.39 is 11.6 Å². The predicted octanol–water partition coefficient (Wildman–Crippen LogP) is 3.38. The number of carbonyl (C=O) groups is 2. The van der Waals surface area contributed by atoms with Gasteiger partial charge in [-0.05, 0) is 25.1 Å². The molecule has 1 N–H and O–H groups in total. The molecule has 2 aliphatic rings. The molecule has 1 spiro atoms. The number of fused-ring (bicyclic) bond motifs is 2. The fraction of sp³-hybridized carbons (Fsp3) is 0.227. The lowest BCUT2D eigenvalue weighted by atomic mass is 9.84. The third-order valence-corrected chi connectivity index (χ3v) is 5.48. The summed E-state index contributed by atoms with van der Waals surface area (Å²) in [5, 5.41) is 2.90. The van der Waals surface area contributed by atoms with Crippen LogP contribution in [0.3, 0.4) is 0 Å². The summed E-state index contributed by atoms with van der Waals surface area (Å²) in [5.74, 6) is 1.38. The summed E-state index contributed by atoms with van der Waals surface area (Å²) in [6.45, 7) is 2.20. The molecule has 146 valence electrons. The van der Waals surface area contributed by atoms with Gasteiger partial charge in [-0.15, -0.1) is 0 Å². The summed E-state index contributed by atoms with van der Waals surface area (Å²) in [6.07, 6.45) is 0.387. The highest BCUT2D eigenvalue weighted by Crippen LogP contribution is 2.41. The van der Waals surface area contributed by atoms with Crippen molar-refractivity contribution in [1.29, 1.82) is 0 Å². The number of imide groups is 1. The molecule has 29 heavy (non-hydrogen) atoms. The molecule has 5 rings (SSSR count). The topological polar surface area (TPSA) is 84.7 Å². The van der Waals surface area contributed by atoms with Crippen molar-refractivity contribution < 1.29 is 18.7 Å². The van der Waals surface area contributed by atoms with E-state index in [0.717, 1.165) is 5.56 Å². The molecule has 7 nitrogen and oxygen atoms in total. The van der Waals surface area contributed by atoms with Crippen molar-refractivity contribution in [2.45, 2.75) is 25.4 Å². The zero-order valence-corrected chi connectivity index (χ0v) is 15.8. The van der Waals surface area contributed by atoms with Crippen molar-refractivity contribution in [3.63, 3.8) is 0 Å². The summed E-state index contributed by atoms with van der Waals surface area (Å²) in [5.41, 5.74) is 0.999. The highest BCUT2D eigenvalue weighted by molar-refractivity contribution is 6.07. The van der Waals surface area contributed by atoms with Gasteiger partial charge in [-0.25, -0.2) is 9.78 Å². The monoisotopic (exact) mass is 389 g/mol. The van der Waals surface area contributed by atoms with Gasteiger partial charge in [0.1, 0.15) is 17.2 Å². The summed E-state index contributed by atoms with van der Waals surface area (Å²) >= 11 is 0. The van der Waals surface area contributed by atoms with Crippen LogP contribution >= 0.6 is 0 Å². The lowest BCUT2D eigenvalue weighted by Gasteiger charge is -2.33. The van der Waals surface area contributed by atoms with Crippen molar-refractivity contribution in [3.8, 4) is 17.2 Å². The second-order valence-corrected chi connectivity index (χ2v) is 7.21. The predicted molar refractivity (Wildman–Crippen MR) is 104 cm³/mol. The number of nitrogens with one attached hydrogen (secondary N) is 1. The Labute approximate surface area is 167 Å². The maximum Gasteiger partial charge on any atom is 0.325 e. The molecule has 7 heteroatoms. The third-order valence-electron chi connectivity index (χ3n) is 5.48. The van der Waals surface area contributed by atoms with Crippen LogP contribution in [0.4, 0.5) is 4.79 Å². The number of hydrogen-bond acceptors (Lipinski definition) is 5. The quantitative estimate of drug-likeness (QED) is 0.694. The van der Waals surface area contributed by atoms with Gasteiger partial charge in [0.2, 0.25) is 5.89 Å². The molecule has 1 atom stereocenters. The Kier molecular flexibility index (Phi) is 3.91. The summed E-state index contributed by atoms with van der Waals surface area (Å²) in [4.78, 5) is 31.9. The number of hydrogen-bond donors (Lipinski definition) is 1. The Bertz CT molecular complexity index is 1110. The number of rotatable bonds is 3. The van der Waals surface area contributed by atoms with Crippen LogP contribution in [0.5, 0.6) is 5.75 Å². The largest absolute Gasteiger partial charge is 0.493 e. The summed E-state index contributed by atoms with van der Waals surface area (Å²) in [7, 11) is 0. The van der Waals surface area contributed by atoms with Gasteiger partial charge in [0.05, 0.1) is 13.2 Å². The van der Waals surface area contributed by atoms with E-state index in [-0.39, 0.29) is 12.5 Å². The summed E-state index contributed by atoms with van der Waals surface area (Å²) in [6, 6.07) is 16.4. The molecule has 3 aromatic rings. The van der Waals surface area contributed by atoms with Gasteiger partial charge in [-0.3, -0.25) is 9.69 Å². The van der Waals surface area contributed by atoms with Gasteiger partial charge in [0.25, 0.3) is 5.91 Å². The van der Waals surface area contributed by atoms with Crippen molar-refractivity contribution in [2.24, 2.45) is 0 Å². The van der Waals surface area contributed by atoms with E-state index in [0.29, 0.717) is 41.7 Å². The second kappa shape index (κ2) is 6.48. The molecule has 3 heterocycles. The fourth-order valence-corrected chi connectivity index (χ4v) is 3.94. The molecule has 3 amide bonds. The Morgan fingerprint density at radius 3 is 2.69 bits per heavy atom. The average molecular weight is 389 g/mol. The van der Waals surface area contributed by atoms with E-state index in [1.54, 1.807) is 6.92 Å². The second-order valence-electron chi connectivity index (χ2n) is 7.21. The molecule has 1 fully saturated rings. The number of ether oxygens (including phenoxy) is 1. The normalized spacial score (nSPS) is 20.5. The number of urea groups is 1. The maximum atomic E-state index is 13.4. The van der Waals surface area contributed by atoms with Gasteiger partial charge >= 0.3 is 6.03 Å². The molecule has 1 saturated heterocycles. The van der Waals surface area contributed by atoms with Crippen molar-refractivity contribution >= 4 is 11.9 Å². The zero-order valence-electron chi connectivity index (χ0n) is 15.8. The van der Waals surface area contributed by atoms with Crippen LogP contribution in [-0.2, 0) is 16.9 Å². The van der Waals surface area contributed by atoms with Crippen LogP contribution in [0.15, 0.2) is 59.0 Å². The lowest BCUT2D eigenvalue weighted by molar-refractivity contribution is -0.133. The molecular formula is C22H19N3O4. The van der Waals surface area contributed by atoms with Gasteiger partial charge in [0.15, 0.2) is 5.54 Å². The maximum absolute atomic E-state index is 13.4. The third kappa shape index (κ3) is 2.69. The van der Waals surface area contributed by atoms with E-state index in [1.807, 2.05) is 54.6 Å². The number of aryl methyl sites for hydroxylation is 1. The van der Waals surface area contributed by atoms with Gasteiger partial charge < -0.3 is 14.5 Å². The Balaban J connectivity index is 1.46. The van der Waals surface area contributed by atoms with Crippen LogP contribution in [0, 0.1) is 6.92 Å². The minimum atomic E-state index is -1.09. The van der Waals surface area contributed by atoms with E-state index >= 15 is 0 Å².